The lowest BCUT2D eigenvalue weighted by Crippen LogP contribution is -2.30. The number of allylic oxidation sites excluding steroid dienone is 10. The van der Waals surface area contributed by atoms with Gasteiger partial charge < -0.3 is 14.2 Å². The van der Waals surface area contributed by atoms with Gasteiger partial charge in [0.05, 0.1) is 0 Å². The molecule has 1 atom stereocenters. The molecule has 0 aliphatic carbocycles. The SMILES string of the molecule is CC/C=C\C/C=C\C/C=C\C/C=C\CCCCCCC(=O)OC[C@H](COC(=O)CCCCCCC/C=C\CCCCCCCC)OC(=O)CCCCCCCCCCCCCCCCCCCCC. The zero-order chi connectivity index (χ0) is 50.0. The third kappa shape index (κ3) is 55.9. The fraction of sp³-hybridized carbons (Fsp3) is 0.794. The number of ether oxygens (including phenoxy) is 3. The van der Waals surface area contributed by atoms with Crippen LogP contribution < -0.4 is 0 Å². The summed E-state index contributed by atoms with van der Waals surface area (Å²) in [6.07, 6.45) is 72.1. The summed E-state index contributed by atoms with van der Waals surface area (Å²) in [6, 6.07) is 0. The molecule has 0 aliphatic rings. The summed E-state index contributed by atoms with van der Waals surface area (Å²) in [5, 5.41) is 0. The highest BCUT2D eigenvalue weighted by Crippen LogP contribution is 2.16. The lowest BCUT2D eigenvalue weighted by Gasteiger charge is -2.18. The average molecular weight is 966 g/mol. The van der Waals surface area contributed by atoms with Gasteiger partial charge in [0.1, 0.15) is 13.2 Å². The predicted octanol–water partition coefficient (Wildman–Crippen LogP) is 20.0. The van der Waals surface area contributed by atoms with E-state index >= 15 is 0 Å². The third-order valence-electron chi connectivity index (χ3n) is 13.0. The summed E-state index contributed by atoms with van der Waals surface area (Å²) >= 11 is 0. The summed E-state index contributed by atoms with van der Waals surface area (Å²) < 4.78 is 16.9. The summed E-state index contributed by atoms with van der Waals surface area (Å²) in [5.41, 5.74) is 0. The van der Waals surface area contributed by atoms with Crippen molar-refractivity contribution in [2.45, 2.75) is 309 Å². The van der Waals surface area contributed by atoms with E-state index in [1.54, 1.807) is 0 Å². The predicted molar refractivity (Wildman–Crippen MR) is 298 cm³/mol. The van der Waals surface area contributed by atoms with E-state index in [1.165, 1.54) is 161 Å². The smallest absolute Gasteiger partial charge is 0.306 e. The van der Waals surface area contributed by atoms with Crippen LogP contribution in [-0.2, 0) is 28.6 Å². The summed E-state index contributed by atoms with van der Waals surface area (Å²) in [7, 11) is 0. The molecule has 0 aromatic heterocycles. The molecule has 0 radical (unpaired) electrons. The Kier molecular flexibility index (Phi) is 55.3. The minimum absolute atomic E-state index is 0.0839. The molecule has 0 heterocycles. The van der Waals surface area contributed by atoms with Gasteiger partial charge in [0.25, 0.3) is 0 Å². The number of unbranched alkanes of at least 4 members (excludes halogenated alkanes) is 33. The molecule has 0 aromatic carbocycles. The van der Waals surface area contributed by atoms with Gasteiger partial charge in [-0.1, -0.05) is 261 Å². The van der Waals surface area contributed by atoms with Gasteiger partial charge in [0.2, 0.25) is 0 Å². The first-order valence-corrected chi connectivity index (χ1v) is 29.8. The molecular formula is C63H112O6. The molecular weight excluding hydrogens is 853 g/mol. The molecule has 69 heavy (non-hydrogen) atoms. The highest BCUT2D eigenvalue weighted by Gasteiger charge is 2.19. The van der Waals surface area contributed by atoms with Crippen molar-refractivity contribution < 1.29 is 28.6 Å². The Labute approximate surface area is 428 Å². The molecule has 0 fully saturated rings. The lowest BCUT2D eigenvalue weighted by molar-refractivity contribution is -0.167. The van der Waals surface area contributed by atoms with Crippen molar-refractivity contribution in [3.05, 3.63) is 60.8 Å². The van der Waals surface area contributed by atoms with Gasteiger partial charge in [-0.05, 0) is 83.5 Å². The molecule has 6 nitrogen and oxygen atoms in total. The van der Waals surface area contributed by atoms with Gasteiger partial charge in [-0.15, -0.1) is 0 Å². The van der Waals surface area contributed by atoms with Crippen molar-refractivity contribution in [1.29, 1.82) is 0 Å². The van der Waals surface area contributed by atoms with Crippen molar-refractivity contribution in [1.82, 2.24) is 0 Å². The van der Waals surface area contributed by atoms with Crippen LogP contribution in [-0.4, -0.2) is 37.2 Å². The number of hydrogen-bond donors (Lipinski definition) is 0. The molecule has 0 bridgehead atoms. The molecule has 6 heteroatoms. The molecule has 0 amide bonds. The van der Waals surface area contributed by atoms with E-state index < -0.39 is 6.10 Å². The molecule has 0 N–H and O–H groups in total. The second-order valence-corrected chi connectivity index (χ2v) is 19.9. The Morgan fingerprint density at radius 2 is 0.565 bits per heavy atom. The fourth-order valence-corrected chi connectivity index (χ4v) is 8.55. The van der Waals surface area contributed by atoms with E-state index in [0.717, 1.165) is 103 Å². The second kappa shape index (κ2) is 57.7. The molecule has 0 spiro atoms. The van der Waals surface area contributed by atoms with Gasteiger partial charge in [-0.2, -0.15) is 0 Å². The zero-order valence-corrected chi connectivity index (χ0v) is 45.8. The Bertz CT molecular complexity index is 1250. The minimum atomic E-state index is -0.786. The number of hydrogen-bond acceptors (Lipinski definition) is 6. The fourth-order valence-electron chi connectivity index (χ4n) is 8.55. The van der Waals surface area contributed by atoms with Crippen LogP contribution in [0.5, 0.6) is 0 Å². The first-order valence-electron chi connectivity index (χ1n) is 29.8. The normalized spacial score (nSPS) is 12.4. The largest absolute Gasteiger partial charge is 0.462 e. The summed E-state index contributed by atoms with van der Waals surface area (Å²) in [4.78, 5) is 38.2. The Morgan fingerprint density at radius 1 is 0.304 bits per heavy atom. The zero-order valence-electron chi connectivity index (χ0n) is 45.8. The van der Waals surface area contributed by atoms with Crippen molar-refractivity contribution in [3.8, 4) is 0 Å². The molecule has 0 saturated carbocycles. The second-order valence-electron chi connectivity index (χ2n) is 19.9. The average Bonchev–Trinajstić information content (AvgIpc) is 3.35. The van der Waals surface area contributed by atoms with Crippen molar-refractivity contribution >= 4 is 17.9 Å². The van der Waals surface area contributed by atoms with Gasteiger partial charge in [0.15, 0.2) is 6.10 Å². The van der Waals surface area contributed by atoms with Crippen molar-refractivity contribution in [3.63, 3.8) is 0 Å². The maximum Gasteiger partial charge on any atom is 0.306 e. The Balaban J connectivity index is 4.39. The molecule has 0 rings (SSSR count). The van der Waals surface area contributed by atoms with Gasteiger partial charge in [0, 0.05) is 19.3 Å². The van der Waals surface area contributed by atoms with Gasteiger partial charge in [-0.3, -0.25) is 14.4 Å². The van der Waals surface area contributed by atoms with Crippen LogP contribution in [0, 0.1) is 0 Å². The summed E-state index contributed by atoms with van der Waals surface area (Å²) in [5.74, 6) is -0.901. The lowest BCUT2D eigenvalue weighted by atomic mass is 10.0. The standard InChI is InChI=1S/C63H112O6/c1-4-7-10-13-16-19-22-25-28-30-31-33-36-39-42-45-48-51-54-57-63(66)69-60(58-67-61(64)55-52-49-46-43-40-37-34-27-24-21-18-15-12-9-6-3)59-68-62(65)56-53-50-47-44-41-38-35-32-29-26-23-20-17-14-11-8-5-2/h8,11,17,20,26-27,29,34-35,38,60H,4-7,9-10,12-16,18-19,21-25,28,30-33,36-37,39-59H2,1-3H3/b11-8-,20-17-,29-26-,34-27-,38-35-/t60-/m0/s1. The van der Waals surface area contributed by atoms with E-state index in [0.29, 0.717) is 19.3 Å². The van der Waals surface area contributed by atoms with E-state index in [-0.39, 0.29) is 31.1 Å². The Morgan fingerprint density at radius 3 is 0.899 bits per heavy atom. The molecule has 0 aromatic rings. The first kappa shape index (κ1) is 66.1. The van der Waals surface area contributed by atoms with E-state index in [9.17, 15) is 14.4 Å². The quantitative estimate of drug-likeness (QED) is 0.0262. The van der Waals surface area contributed by atoms with Crippen LogP contribution in [0.25, 0.3) is 0 Å². The monoisotopic (exact) mass is 965 g/mol. The highest BCUT2D eigenvalue weighted by molar-refractivity contribution is 5.71. The van der Waals surface area contributed by atoms with Crippen LogP contribution in [0.1, 0.15) is 303 Å². The van der Waals surface area contributed by atoms with Crippen molar-refractivity contribution in [2.75, 3.05) is 13.2 Å². The van der Waals surface area contributed by atoms with Gasteiger partial charge in [-0.25, -0.2) is 0 Å². The molecule has 0 saturated heterocycles. The van der Waals surface area contributed by atoms with Crippen LogP contribution in [0.15, 0.2) is 60.8 Å². The summed E-state index contributed by atoms with van der Waals surface area (Å²) in [6.45, 7) is 6.53. The maximum atomic E-state index is 12.9. The van der Waals surface area contributed by atoms with Gasteiger partial charge >= 0.3 is 17.9 Å². The Hall–Kier alpha value is -2.89. The minimum Gasteiger partial charge on any atom is -0.462 e. The van der Waals surface area contributed by atoms with Crippen LogP contribution in [0.3, 0.4) is 0 Å². The first-order chi connectivity index (χ1) is 34.0. The maximum absolute atomic E-state index is 12.9. The third-order valence-corrected chi connectivity index (χ3v) is 13.0. The molecule has 0 unspecified atom stereocenters. The van der Waals surface area contributed by atoms with Crippen molar-refractivity contribution in [2.24, 2.45) is 0 Å². The number of esters is 3. The highest BCUT2D eigenvalue weighted by atomic mass is 16.6. The van der Waals surface area contributed by atoms with Crippen LogP contribution >= 0.6 is 0 Å². The molecule has 400 valence electrons. The number of carbonyl (C=O) groups is 3. The van der Waals surface area contributed by atoms with Crippen LogP contribution in [0.4, 0.5) is 0 Å². The number of carbonyl (C=O) groups excluding carboxylic acids is 3. The van der Waals surface area contributed by atoms with Crippen LogP contribution in [0.2, 0.25) is 0 Å². The molecule has 0 aliphatic heterocycles. The topological polar surface area (TPSA) is 78.9 Å². The van der Waals surface area contributed by atoms with E-state index in [1.807, 2.05) is 0 Å². The van der Waals surface area contributed by atoms with E-state index in [4.69, 9.17) is 14.2 Å². The van der Waals surface area contributed by atoms with E-state index in [2.05, 4.69) is 81.5 Å². The number of rotatable bonds is 54.